The molecule has 6 nitrogen and oxygen atoms in total. The third kappa shape index (κ3) is 3.95. The predicted octanol–water partition coefficient (Wildman–Crippen LogP) is 1.93. The van der Waals surface area contributed by atoms with Gasteiger partial charge in [0.15, 0.2) is 6.10 Å². The fraction of sp³-hybridized carbons (Fsp3) is 0.250. The van der Waals surface area contributed by atoms with Crippen LogP contribution >= 0.6 is 11.8 Å². The van der Waals surface area contributed by atoms with Gasteiger partial charge in [-0.3, -0.25) is 4.79 Å². The third-order valence-corrected chi connectivity index (χ3v) is 3.08. The first-order valence-electron chi connectivity index (χ1n) is 5.71. The van der Waals surface area contributed by atoms with Crippen molar-refractivity contribution in [2.24, 2.45) is 5.73 Å². The van der Waals surface area contributed by atoms with Gasteiger partial charge in [-0.05, 0) is 31.2 Å². The molecule has 8 heteroatoms. The fourth-order valence-electron chi connectivity index (χ4n) is 1.34. The summed E-state index contributed by atoms with van der Waals surface area (Å²) >= 11 is 1.06. The molecule has 0 saturated carbocycles. The molecule has 1 aromatic heterocycles. The van der Waals surface area contributed by atoms with Gasteiger partial charge in [-0.15, -0.1) is 10.2 Å². The molecule has 1 atom stereocenters. The summed E-state index contributed by atoms with van der Waals surface area (Å²) in [5.74, 6) is 0.0116. The predicted molar refractivity (Wildman–Crippen MR) is 69.7 cm³/mol. The number of carbonyl (C=O) groups excluding carboxylic acids is 1. The number of halogens is 1. The molecule has 1 aromatic carbocycles. The Labute approximate surface area is 118 Å². The van der Waals surface area contributed by atoms with Gasteiger partial charge in [0.2, 0.25) is 5.91 Å². The molecule has 2 rings (SSSR count). The van der Waals surface area contributed by atoms with Crippen molar-refractivity contribution < 1.29 is 18.3 Å². The molecule has 2 N–H and O–H groups in total. The molecule has 20 heavy (non-hydrogen) atoms. The number of benzene rings is 1. The number of primary amides is 1. The number of amides is 1. The molecule has 0 saturated heterocycles. The molecule has 2 aromatic rings. The molecule has 0 radical (unpaired) electrons. The number of rotatable bonds is 6. The second-order valence-electron chi connectivity index (χ2n) is 3.88. The van der Waals surface area contributed by atoms with Crippen LogP contribution in [0, 0.1) is 5.82 Å². The molecule has 0 aliphatic carbocycles. The van der Waals surface area contributed by atoms with Crippen molar-refractivity contribution in [1.29, 1.82) is 0 Å². The Morgan fingerprint density at radius 1 is 1.45 bits per heavy atom. The van der Waals surface area contributed by atoms with E-state index in [1.54, 1.807) is 6.92 Å². The van der Waals surface area contributed by atoms with Crippen molar-refractivity contribution >= 4 is 17.7 Å². The number of nitrogens with zero attached hydrogens (tertiary/aromatic N) is 2. The maximum atomic E-state index is 12.8. The van der Waals surface area contributed by atoms with Crippen LogP contribution in [-0.2, 0) is 4.79 Å². The van der Waals surface area contributed by atoms with Crippen molar-refractivity contribution in [2.75, 3.05) is 5.75 Å². The summed E-state index contributed by atoms with van der Waals surface area (Å²) in [6.45, 7) is 1.72. The Balaban J connectivity index is 1.96. The van der Waals surface area contributed by atoms with Crippen LogP contribution in [0.1, 0.15) is 18.9 Å². The summed E-state index contributed by atoms with van der Waals surface area (Å²) in [6, 6.07) is 5.60. The average Bonchev–Trinajstić information content (AvgIpc) is 2.88. The Kier molecular flexibility index (Phi) is 4.57. The van der Waals surface area contributed by atoms with Gasteiger partial charge in [0.25, 0.3) is 11.1 Å². The Morgan fingerprint density at radius 2 is 2.15 bits per heavy atom. The van der Waals surface area contributed by atoms with Gasteiger partial charge in [0.05, 0.1) is 5.75 Å². The van der Waals surface area contributed by atoms with Crippen LogP contribution in [0.4, 0.5) is 4.39 Å². The van der Waals surface area contributed by atoms with Gasteiger partial charge in [-0.25, -0.2) is 4.39 Å². The lowest BCUT2D eigenvalue weighted by molar-refractivity contribution is -0.115. The number of aromatic nitrogens is 2. The maximum Gasteiger partial charge on any atom is 0.277 e. The molecule has 106 valence electrons. The molecule has 0 aliphatic heterocycles. The third-order valence-electron chi connectivity index (χ3n) is 2.23. The summed E-state index contributed by atoms with van der Waals surface area (Å²) in [5.41, 5.74) is 5.02. The molecule has 1 heterocycles. The second-order valence-corrected chi connectivity index (χ2v) is 4.80. The quantitative estimate of drug-likeness (QED) is 0.819. The first kappa shape index (κ1) is 14.3. The number of ether oxygens (including phenoxy) is 1. The largest absolute Gasteiger partial charge is 0.481 e. The summed E-state index contributed by atoms with van der Waals surface area (Å²) in [6.07, 6.45) is -0.490. The Morgan fingerprint density at radius 3 is 2.80 bits per heavy atom. The number of thioether (sulfide) groups is 1. The van der Waals surface area contributed by atoms with E-state index in [-0.39, 0.29) is 22.7 Å². The van der Waals surface area contributed by atoms with E-state index in [2.05, 4.69) is 10.2 Å². The monoisotopic (exact) mass is 297 g/mol. The van der Waals surface area contributed by atoms with Gasteiger partial charge >= 0.3 is 0 Å². The first-order chi connectivity index (χ1) is 9.54. The molecule has 0 aliphatic rings. The van der Waals surface area contributed by atoms with Crippen molar-refractivity contribution in [3.05, 3.63) is 36.0 Å². The van der Waals surface area contributed by atoms with Crippen LogP contribution in [-0.4, -0.2) is 21.9 Å². The summed E-state index contributed by atoms with van der Waals surface area (Å²) < 4.78 is 23.6. The Hall–Kier alpha value is -2.09. The van der Waals surface area contributed by atoms with Crippen LogP contribution in [0.5, 0.6) is 5.75 Å². The van der Waals surface area contributed by atoms with E-state index in [9.17, 15) is 9.18 Å². The fourth-order valence-corrected chi connectivity index (χ4v) is 1.85. The van der Waals surface area contributed by atoms with E-state index in [1.807, 2.05) is 0 Å². The number of nitrogens with two attached hydrogens (primary N) is 1. The lowest BCUT2D eigenvalue weighted by Gasteiger charge is -2.10. The van der Waals surface area contributed by atoms with Crippen molar-refractivity contribution in [3.63, 3.8) is 0 Å². The summed E-state index contributed by atoms with van der Waals surface area (Å²) in [5, 5.41) is 7.83. The van der Waals surface area contributed by atoms with Gasteiger partial charge in [-0.2, -0.15) is 0 Å². The molecule has 0 fully saturated rings. The second kappa shape index (κ2) is 6.38. The first-order valence-corrected chi connectivity index (χ1v) is 6.70. The van der Waals surface area contributed by atoms with Crippen LogP contribution < -0.4 is 10.5 Å². The molecule has 0 unspecified atom stereocenters. The zero-order chi connectivity index (χ0) is 14.5. The zero-order valence-electron chi connectivity index (χ0n) is 10.6. The normalized spacial score (nSPS) is 12.1. The number of hydrogen-bond donors (Lipinski definition) is 1. The summed E-state index contributed by atoms with van der Waals surface area (Å²) in [4.78, 5) is 10.6. The smallest absolute Gasteiger partial charge is 0.277 e. The van der Waals surface area contributed by atoms with Crippen LogP contribution in [0.3, 0.4) is 0 Å². The minimum atomic E-state index is -0.490. The topological polar surface area (TPSA) is 91.2 Å². The van der Waals surface area contributed by atoms with E-state index in [0.29, 0.717) is 5.75 Å². The van der Waals surface area contributed by atoms with Crippen LogP contribution in [0.2, 0.25) is 0 Å². The highest BCUT2D eigenvalue weighted by Gasteiger charge is 2.16. The standard InChI is InChI=1S/C12H12FN3O3S/c1-7(18-9-4-2-8(13)3-5-9)11-15-16-12(19-11)20-6-10(14)17/h2-5,7H,6H2,1H3,(H2,14,17)/t7-/m1/s1. The van der Waals surface area contributed by atoms with Crippen molar-refractivity contribution in [3.8, 4) is 5.75 Å². The van der Waals surface area contributed by atoms with Crippen LogP contribution in [0.25, 0.3) is 0 Å². The van der Waals surface area contributed by atoms with E-state index >= 15 is 0 Å². The van der Waals surface area contributed by atoms with E-state index in [1.165, 1.54) is 24.3 Å². The van der Waals surface area contributed by atoms with Gasteiger partial charge in [0, 0.05) is 0 Å². The van der Waals surface area contributed by atoms with E-state index < -0.39 is 12.0 Å². The average molecular weight is 297 g/mol. The van der Waals surface area contributed by atoms with Crippen LogP contribution in [0.15, 0.2) is 33.9 Å². The highest BCUT2D eigenvalue weighted by molar-refractivity contribution is 7.99. The Bertz CT molecular complexity index is 588. The van der Waals surface area contributed by atoms with Crippen molar-refractivity contribution in [2.45, 2.75) is 18.3 Å². The van der Waals surface area contributed by atoms with E-state index in [0.717, 1.165) is 11.8 Å². The highest BCUT2D eigenvalue weighted by atomic mass is 32.2. The lowest BCUT2D eigenvalue weighted by atomic mass is 10.3. The minimum absolute atomic E-state index is 0.0643. The molecule has 0 bridgehead atoms. The van der Waals surface area contributed by atoms with Gasteiger partial charge in [0.1, 0.15) is 11.6 Å². The molecule has 0 spiro atoms. The SMILES string of the molecule is C[C@@H](Oc1ccc(F)cc1)c1nnc(SCC(N)=O)o1. The highest BCUT2D eigenvalue weighted by Crippen LogP contribution is 2.23. The maximum absolute atomic E-state index is 12.8. The van der Waals surface area contributed by atoms with Crippen molar-refractivity contribution in [1.82, 2.24) is 10.2 Å². The van der Waals surface area contributed by atoms with Gasteiger partial charge < -0.3 is 14.9 Å². The number of hydrogen-bond acceptors (Lipinski definition) is 6. The summed E-state index contributed by atoms with van der Waals surface area (Å²) in [7, 11) is 0. The van der Waals surface area contributed by atoms with Gasteiger partial charge in [-0.1, -0.05) is 11.8 Å². The zero-order valence-corrected chi connectivity index (χ0v) is 11.4. The lowest BCUT2D eigenvalue weighted by Crippen LogP contribution is -2.12. The number of carbonyl (C=O) groups is 1. The molecular formula is C12H12FN3O3S. The minimum Gasteiger partial charge on any atom is -0.481 e. The molecular weight excluding hydrogens is 285 g/mol. The van der Waals surface area contributed by atoms with E-state index in [4.69, 9.17) is 14.9 Å². The molecule has 1 amide bonds.